The van der Waals surface area contributed by atoms with Crippen molar-refractivity contribution < 1.29 is 19.1 Å². The Labute approximate surface area is 132 Å². The number of anilines is 1. The molecule has 6 heteroatoms. The van der Waals surface area contributed by atoms with Gasteiger partial charge in [-0.05, 0) is 37.4 Å². The van der Waals surface area contributed by atoms with Gasteiger partial charge in [-0.3, -0.25) is 4.79 Å². The second kappa shape index (κ2) is 7.09. The van der Waals surface area contributed by atoms with E-state index in [1.54, 1.807) is 18.4 Å². The number of ether oxygens (including phenoxy) is 2. The minimum atomic E-state index is -0.687. The molecule has 1 amide bonds. The van der Waals surface area contributed by atoms with Crippen LogP contribution in [0.1, 0.15) is 22.2 Å². The molecule has 5 nitrogen and oxygen atoms in total. The number of carbonyl (C=O) groups is 2. The minimum absolute atomic E-state index is 0.330. The van der Waals surface area contributed by atoms with Crippen molar-refractivity contribution in [3.05, 3.63) is 46.2 Å². The maximum atomic E-state index is 12.2. The molecule has 1 aromatic heterocycles. The second-order valence-electron chi connectivity index (χ2n) is 4.72. The molecule has 22 heavy (non-hydrogen) atoms. The molecule has 0 saturated heterocycles. The molecular weight excluding hydrogens is 302 g/mol. The summed E-state index contributed by atoms with van der Waals surface area (Å²) in [6.07, 6.45) is -0.687. The van der Waals surface area contributed by atoms with Gasteiger partial charge in [0.15, 0.2) is 6.10 Å². The Morgan fingerprint density at radius 1 is 1.18 bits per heavy atom. The highest BCUT2D eigenvalue weighted by atomic mass is 32.1. The fraction of sp³-hybridized carbons (Fsp3) is 0.250. The smallest absolute Gasteiger partial charge is 0.350 e. The van der Waals surface area contributed by atoms with Crippen LogP contribution in [0.25, 0.3) is 0 Å². The summed E-state index contributed by atoms with van der Waals surface area (Å²) in [7, 11) is 1.30. The van der Waals surface area contributed by atoms with Crippen molar-refractivity contribution in [2.24, 2.45) is 0 Å². The molecule has 0 unspecified atom stereocenters. The fourth-order valence-corrected chi connectivity index (χ4v) is 2.53. The number of thiophene rings is 1. The number of benzene rings is 1. The molecule has 1 heterocycles. The highest BCUT2D eigenvalue weighted by Crippen LogP contribution is 2.23. The molecule has 2 rings (SSSR count). The van der Waals surface area contributed by atoms with E-state index < -0.39 is 12.1 Å². The molecule has 0 aliphatic carbocycles. The Morgan fingerprint density at radius 2 is 1.86 bits per heavy atom. The largest absolute Gasteiger partial charge is 0.481 e. The summed E-state index contributed by atoms with van der Waals surface area (Å²) in [5.74, 6) is -0.187. The number of hydrogen-bond donors (Lipinski definition) is 1. The lowest BCUT2D eigenvalue weighted by molar-refractivity contribution is -0.122. The first-order valence-corrected chi connectivity index (χ1v) is 7.59. The molecule has 1 aromatic carbocycles. The maximum absolute atomic E-state index is 12.2. The van der Waals surface area contributed by atoms with Crippen molar-refractivity contribution in [2.45, 2.75) is 20.0 Å². The third kappa shape index (κ3) is 3.85. The molecule has 0 aliphatic rings. The van der Waals surface area contributed by atoms with Crippen LogP contribution in [0.5, 0.6) is 5.75 Å². The van der Waals surface area contributed by atoms with Gasteiger partial charge in [0, 0.05) is 0 Å². The van der Waals surface area contributed by atoms with Gasteiger partial charge in [0.25, 0.3) is 5.91 Å². The van der Waals surface area contributed by atoms with Crippen molar-refractivity contribution in [1.82, 2.24) is 0 Å². The molecule has 2 aromatic rings. The predicted octanol–water partition coefficient (Wildman–Crippen LogP) is 3.25. The second-order valence-corrected chi connectivity index (χ2v) is 5.63. The van der Waals surface area contributed by atoms with E-state index in [1.807, 2.05) is 31.2 Å². The molecular formula is C16H17NO4S. The molecule has 0 saturated carbocycles. The standard InChI is InChI=1S/C16H17NO4S/c1-10-4-6-12(7-5-10)21-11(2)15(18)17-13-8-9-22-14(13)16(19)20-3/h4-9,11H,1-3H3,(H,17,18)/t11-/m0/s1. The number of esters is 1. The SMILES string of the molecule is COC(=O)c1sccc1NC(=O)[C@H](C)Oc1ccc(C)cc1. The lowest BCUT2D eigenvalue weighted by Crippen LogP contribution is -2.30. The van der Waals surface area contributed by atoms with Crippen molar-refractivity contribution in [1.29, 1.82) is 0 Å². The summed E-state index contributed by atoms with van der Waals surface area (Å²) in [6.45, 7) is 3.63. The van der Waals surface area contributed by atoms with Gasteiger partial charge in [-0.1, -0.05) is 17.7 Å². The number of aryl methyl sites for hydroxylation is 1. The Kier molecular flexibility index (Phi) is 5.16. The maximum Gasteiger partial charge on any atom is 0.350 e. The van der Waals surface area contributed by atoms with Gasteiger partial charge >= 0.3 is 5.97 Å². The molecule has 1 atom stereocenters. The van der Waals surface area contributed by atoms with Crippen molar-refractivity contribution >= 4 is 28.9 Å². The summed E-state index contributed by atoms with van der Waals surface area (Å²) in [5.41, 5.74) is 1.55. The molecule has 0 spiro atoms. The van der Waals surface area contributed by atoms with Crippen LogP contribution >= 0.6 is 11.3 Å². The number of nitrogens with one attached hydrogen (secondary N) is 1. The average Bonchev–Trinajstić information content (AvgIpc) is 2.96. The minimum Gasteiger partial charge on any atom is -0.481 e. The summed E-state index contributed by atoms with van der Waals surface area (Å²) in [5, 5.41) is 4.40. The van der Waals surface area contributed by atoms with Crippen LogP contribution in [0.4, 0.5) is 5.69 Å². The van der Waals surface area contributed by atoms with E-state index in [0.717, 1.165) is 5.56 Å². The molecule has 0 bridgehead atoms. The summed E-state index contributed by atoms with van der Waals surface area (Å²) < 4.78 is 10.3. The summed E-state index contributed by atoms with van der Waals surface area (Å²) in [6, 6.07) is 9.10. The van der Waals surface area contributed by atoms with Crippen LogP contribution in [0, 0.1) is 6.92 Å². The Bertz CT molecular complexity index is 663. The predicted molar refractivity (Wildman–Crippen MR) is 85.6 cm³/mol. The van der Waals surface area contributed by atoms with E-state index in [2.05, 4.69) is 10.1 Å². The third-order valence-corrected chi connectivity index (χ3v) is 3.89. The van der Waals surface area contributed by atoms with Gasteiger partial charge in [0.05, 0.1) is 12.8 Å². The highest BCUT2D eigenvalue weighted by Gasteiger charge is 2.19. The van der Waals surface area contributed by atoms with Gasteiger partial charge in [0.1, 0.15) is 10.6 Å². The van der Waals surface area contributed by atoms with Gasteiger partial charge in [0.2, 0.25) is 0 Å². The molecule has 0 aliphatic heterocycles. The number of rotatable bonds is 5. The van der Waals surface area contributed by atoms with Crippen molar-refractivity contribution in [2.75, 3.05) is 12.4 Å². The van der Waals surface area contributed by atoms with E-state index in [0.29, 0.717) is 16.3 Å². The Morgan fingerprint density at radius 3 is 2.50 bits per heavy atom. The quantitative estimate of drug-likeness (QED) is 0.859. The van der Waals surface area contributed by atoms with E-state index in [1.165, 1.54) is 18.4 Å². The monoisotopic (exact) mass is 319 g/mol. The zero-order valence-corrected chi connectivity index (χ0v) is 13.4. The van der Waals surface area contributed by atoms with E-state index in [-0.39, 0.29) is 5.91 Å². The van der Waals surface area contributed by atoms with Gasteiger partial charge in [-0.2, -0.15) is 0 Å². The molecule has 0 fully saturated rings. The first-order chi connectivity index (χ1) is 10.5. The molecule has 116 valence electrons. The average molecular weight is 319 g/mol. The van der Waals surface area contributed by atoms with Crippen LogP contribution in [0.3, 0.4) is 0 Å². The Hall–Kier alpha value is -2.34. The molecule has 1 N–H and O–H groups in total. The number of hydrogen-bond acceptors (Lipinski definition) is 5. The highest BCUT2D eigenvalue weighted by molar-refractivity contribution is 7.12. The summed E-state index contributed by atoms with van der Waals surface area (Å²) >= 11 is 1.21. The first kappa shape index (κ1) is 16.0. The lowest BCUT2D eigenvalue weighted by Gasteiger charge is -2.14. The fourth-order valence-electron chi connectivity index (χ4n) is 1.77. The normalized spacial score (nSPS) is 11.6. The number of carbonyl (C=O) groups excluding carboxylic acids is 2. The summed E-state index contributed by atoms with van der Waals surface area (Å²) in [4.78, 5) is 24.1. The molecule has 0 radical (unpaired) electrons. The van der Waals surface area contributed by atoms with Gasteiger partial charge < -0.3 is 14.8 Å². The zero-order chi connectivity index (χ0) is 16.1. The van der Waals surface area contributed by atoms with E-state index in [4.69, 9.17) is 4.74 Å². The van der Waals surface area contributed by atoms with Crippen molar-refractivity contribution in [3.63, 3.8) is 0 Å². The number of amides is 1. The van der Waals surface area contributed by atoms with Crippen molar-refractivity contribution in [3.8, 4) is 5.75 Å². The first-order valence-electron chi connectivity index (χ1n) is 6.71. The Balaban J connectivity index is 2.01. The van der Waals surface area contributed by atoms with Crippen LogP contribution in [0.15, 0.2) is 35.7 Å². The van der Waals surface area contributed by atoms with Crippen LogP contribution in [0.2, 0.25) is 0 Å². The van der Waals surface area contributed by atoms with E-state index in [9.17, 15) is 9.59 Å². The lowest BCUT2D eigenvalue weighted by atomic mass is 10.2. The van der Waals surface area contributed by atoms with Crippen LogP contribution < -0.4 is 10.1 Å². The topological polar surface area (TPSA) is 64.6 Å². The zero-order valence-electron chi connectivity index (χ0n) is 12.6. The number of methoxy groups -OCH3 is 1. The van der Waals surface area contributed by atoms with Crippen LogP contribution in [-0.2, 0) is 9.53 Å². The van der Waals surface area contributed by atoms with Gasteiger partial charge in [-0.15, -0.1) is 11.3 Å². The third-order valence-electron chi connectivity index (χ3n) is 3.00. The van der Waals surface area contributed by atoms with E-state index >= 15 is 0 Å². The van der Waals surface area contributed by atoms with Crippen LogP contribution in [-0.4, -0.2) is 25.1 Å². The van der Waals surface area contributed by atoms with Gasteiger partial charge in [-0.25, -0.2) is 4.79 Å².